The standard InChI is InChI=1S/C47H58N8O7.C3H8/c1-27(2)43(54-46(59)61-7)44(57)55(5)26-33(29-10-11-29)15-19-41-49-24-37(53-41)31-12-16-34-39(21-31)62-38-17-13-30(20-35(38)47(34,3)4)36-23-48-40(52-36)18-14-32(28-8-9-28)22-50-42(56)25-51-45(58)60-6;1-3-2/h12-17,20-21,23-24,27-29,43H,8-11,18-19,22,25-26H2,1-7H3,(H,48,52)(H,49,53)(H,50,56)(H,51,58)(H,54,59);3H2,1-2H3/b32-14+,33-15+;. The molecular formula is C50H66N8O7. The first-order chi connectivity index (χ1) is 31.1. The van der Waals surface area contributed by atoms with Gasteiger partial charge in [0, 0.05) is 60.6 Å². The van der Waals surface area contributed by atoms with Crippen LogP contribution in [0.1, 0.15) is 96.4 Å². The number of nitrogens with one attached hydrogen (secondary N) is 5. The van der Waals surface area contributed by atoms with Gasteiger partial charge in [0.15, 0.2) is 0 Å². The molecule has 0 radical (unpaired) electrons. The fourth-order valence-corrected chi connectivity index (χ4v) is 7.94. The van der Waals surface area contributed by atoms with Gasteiger partial charge in [-0.05, 0) is 67.7 Å². The number of hydrogen-bond donors (Lipinski definition) is 5. The topological polar surface area (TPSA) is 193 Å². The average Bonchev–Trinajstić information content (AvgIpc) is 4.23. The summed E-state index contributed by atoms with van der Waals surface area (Å²) in [7, 11) is 4.33. The number of allylic oxidation sites excluding steroid dienone is 2. The third-order valence-corrected chi connectivity index (χ3v) is 12.0. The van der Waals surface area contributed by atoms with Crippen molar-refractivity contribution >= 4 is 24.0 Å². The van der Waals surface area contributed by atoms with Crippen LogP contribution in [0.2, 0.25) is 0 Å². The molecule has 0 bridgehead atoms. The van der Waals surface area contributed by atoms with Crippen LogP contribution < -0.4 is 20.7 Å². The van der Waals surface area contributed by atoms with E-state index < -0.39 is 18.2 Å². The first-order valence-electron chi connectivity index (χ1n) is 22.8. The predicted octanol–water partition coefficient (Wildman–Crippen LogP) is 8.38. The number of carbonyl (C=O) groups is 4. The highest BCUT2D eigenvalue weighted by Gasteiger charge is 2.35. The van der Waals surface area contributed by atoms with E-state index in [0.717, 1.165) is 88.0 Å². The summed E-state index contributed by atoms with van der Waals surface area (Å²) < 4.78 is 15.9. The number of benzene rings is 2. The molecule has 3 heterocycles. The Morgan fingerprint density at radius 3 is 1.95 bits per heavy atom. The number of nitrogens with zero attached hydrogens (tertiary/aromatic N) is 3. The van der Waals surface area contributed by atoms with Gasteiger partial charge in [-0.1, -0.05) is 83.4 Å². The average molecular weight is 891 g/mol. The number of alkyl carbamates (subject to hydrolysis) is 2. The summed E-state index contributed by atoms with van der Waals surface area (Å²) in [6, 6.07) is 11.9. The monoisotopic (exact) mass is 891 g/mol. The first kappa shape index (κ1) is 48.1. The number of rotatable bonds is 17. The number of H-pyrrole nitrogens is 2. The van der Waals surface area contributed by atoms with Gasteiger partial charge in [-0.2, -0.15) is 0 Å². The van der Waals surface area contributed by atoms with Gasteiger partial charge in [0.1, 0.15) is 35.7 Å². The Kier molecular flexibility index (Phi) is 15.9. The molecule has 65 heavy (non-hydrogen) atoms. The second-order valence-electron chi connectivity index (χ2n) is 18.0. The van der Waals surface area contributed by atoms with Crippen molar-refractivity contribution in [2.45, 2.75) is 97.9 Å². The quantitative estimate of drug-likeness (QED) is 0.0648. The van der Waals surface area contributed by atoms with E-state index in [1.165, 1.54) is 26.2 Å². The lowest BCUT2D eigenvalue weighted by atomic mass is 9.75. The second kappa shape index (κ2) is 21.5. The van der Waals surface area contributed by atoms with Gasteiger partial charge in [0.2, 0.25) is 11.8 Å². The van der Waals surface area contributed by atoms with E-state index in [-0.39, 0.29) is 29.7 Å². The van der Waals surface area contributed by atoms with Gasteiger partial charge < -0.3 is 45.0 Å². The fraction of sp³-hybridized carbons (Fsp3) is 0.480. The van der Waals surface area contributed by atoms with E-state index >= 15 is 0 Å². The van der Waals surface area contributed by atoms with Gasteiger partial charge in [-0.15, -0.1) is 0 Å². The maximum Gasteiger partial charge on any atom is 0.407 e. The molecule has 1 atom stereocenters. The molecule has 0 saturated heterocycles. The lowest BCUT2D eigenvalue weighted by molar-refractivity contribution is -0.132. The molecule has 1 unspecified atom stereocenters. The van der Waals surface area contributed by atoms with Crippen molar-refractivity contribution in [3.8, 4) is 34.0 Å². The van der Waals surface area contributed by atoms with Crippen LogP contribution in [0.4, 0.5) is 9.59 Å². The van der Waals surface area contributed by atoms with Crippen LogP contribution >= 0.6 is 0 Å². The largest absolute Gasteiger partial charge is 0.457 e. The predicted molar refractivity (Wildman–Crippen MR) is 250 cm³/mol. The number of methoxy groups -OCH3 is 2. The molecule has 15 nitrogen and oxygen atoms in total. The van der Waals surface area contributed by atoms with Crippen LogP contribution in [0, 0.1) is 17.8 Å². The van der Waals surface area contributed by atoms with Gasteiger partial charge in [0.05, 0.1) is 38.0 Å². The molecule has 2 aromatic heterocycles. The van der Waals surface area contributed by atoms with Crippen LogP contribution in [0.25, 0.3) is 22.5 Å². The van der Waals surface area contributed by atoms with Crippen molar-refractivity contribution in [3.63, 3.8) is 0 Å². The normalized spacial score (nSPS) is 15.6. The van der Waals surface area contributed by atoms with Crippen LogP contribution in [-0.4, -0.2) is 95.8 Å². The summed E-state index contributed by atoms with van der Waals surface area (Å²) in [6.07, 6.45) is 13.6. The van der Waals surface area contributed by atoms with Crippen molar-refractivity contribution < 1.29 is 33.4 Å². The molecule has 2 saturated carbocycles. The molecule has 4 aromatic rings. The van der Waals surface area contributed by atoms with E-state index in [2.05, 4.69) is 99.8 Å². The van der Waals surface area contributed by atoms with Crippen molar-refractivity contribution in [1.29, 1.82) is 0 Å². The van der Waals surface area contributed by atoms with E-state index in [1.54, 1.807) is 11.9 Å². The third kappa shape index (κ3) is 12.5. The van der Waals surface area contributed by atoms with Crippen molar-refractivity contribution in [1.82, 2.24) is 40.8 Å². The van der Waals surface area contributed by atoms with Crippen molar-refractivity contribution in [2.24, 2.45) is 17.8 Å². The molecule has 15 heteroatoms. The van der Waals surface area contributed by atoms with Gasteiger partial charge in [-0.3, -0.25) is 9.59 Å². The van der Waals surface area contributed by atoms with Crippen LogP contribution in [0.3, 0.4) is 0 Å². The molecule has 1 aliphatic heterocycles. The molecule has 3 aliphatic rings. The molecule has 7 rings (SSSR count). The Morgan fingerprint density at radius 2 is 1.37 bits per heavy atom. The van der Waals surface area contributed by atoms with Gasteiger partial charge in [0.25, 0.3) is 0 Å². The Morgan fingerprint density at radius 1 is 0.800 bits per heavy atom. The summed E-state index contributed by atoms with van der Waals surface area (Å²) in [6.45, 7) is 13.3. The highest BCUT2D eigenvalue weighted by Crippen LogP contribution is 2.49. The van der Waals surface area contributed by atoms with E-state index in [0.29, 0.717) is 37.8 Å². The maximum atomic E-state index is 13.3. The van der Waals surface area contributed by atoms with Gasteiger partial charge >= 0.3 is 12.2 Å². The Labute approximate surface area is 382 Å². The first-order valence-corrected chi connectivity index (χ1v) is 22.8. The number of hydrogen-bond acceptors (Lipinski definition) is 9. The molecule has 4 amide bonds. The molecule has 2 fully saturated rings. The molecular weight excluding hydrogens is 825 g/mol. The number of amides is 4. The smallest absolute Gasteiger partial charge is 0.407 e. The molecule has 0 spiro atoms. The summed E-state index contributed by atoms with van der Waals surface area (Å²) >= 11 is 0. The molecule has 348 valence electrons. The minimum absolute atomic E-state index is 0.0911. The Hall–Kier alpha value is -6.38. The highest BCUT2D eigenvalue weighted by atomic mass is 16.5. The van der Waals surface area contributed by atoms with Crippen molar-refractivity contribution in [3.05, 3.63) is 94.9 Å². The minimum Gasteiger partial charge on any atom is -0.457 e. The Bertz CT molecular complexity index is 2390. The number of carbonyl (C=O) groups excluding carboxylic acids is 4. The number of fused-ring (bicyclic) bond motifs is 2. The second-order valence-corrected chi connectivity index (χ2v) is 18.0. The zero-order valence-corrected chi connectivity index (χ0v) is 39.4. The lowest BCUT2D eigenvalue weighted by Gasteiger charge is -2.35. The molecule has 2 aliphatic carbocycles. The van der Waals surface area contributed by atoms with Crippen LogP contribution in [-0.2, 0) is 37.3 Å². The SMILES string of the molecule is CCC.COC(=O)NCC(=O)NC/C(=C\Cc1ncc(-c2ccc3c(c2)C(C)(C)c2ccc(-c4cnc(C/C=C(\CN(C)C(=O)C(NC(=O)OC)C(C)C)C5CC5)[nH]4)cc2O3)[nH]1)C1CC1. The fourth-order valence-electron chi connectivity index (χ4n) is 7.94. The molecule has 2 aromatic carbocycles. The summed E-state index contributed by atoms with van der Waals surface area (Å²) in [4.78, 5) is 66.8. The minimum atomic E-state index is -0.671. The Balaban J connectivity index is 0.00000227. The van der Waals surface area contributed by atoms with Crippen molar-refractivity contribution in [2.75, 3.05) is 40.9 Å². The summed E-state index contributed by atoms with van der Waals surface area (Å²) in [5.74, 6) is 3.63. The third-order valence-electron chi connectivity index (χ3n) is 12.0. The zero-order chi connectivity index (χ0) is 46.8. The summed E-state index contributed by atoms with van der Waals surface area (Å²) in [5, 5.41) is 7.97. The maximum absolute atomic E-state index is 13.3. The number of likely N-dealkylation sites (N-methyl/N-ethyl adjacent to an activating group) is 1. The van der Waals surface area contributed by atoms with E-state index in [4.69, 9.17) is 14.5 Å². The molecule has 5 N–H and O–H groups in total. The number of imidazole rings is 2. The zero-order valence-electron chi connectivity index (χ0n) is 39.4. The lowest BCUT2D eigenvalue weighted by Crippen LogP contribution is -2.50. The number of ether oxygens (including phenoxy) is 3. The van der Waals surface area contributed by atoms with Crippen LogP contribution in [0.15, 0.2) is 72.1 Å². The number of aromatic nitrogens is 4. The van der Waals surface area contributed by atoms with Crippen LogP contribution in [0.5, 0.6) is 11.5 Å². The number of aromatic amines is 2. The van der Waals surface area contributed by atoms with E-state index in [1.807, 2.05) is 38.4 Å². The van der Waals surface area contributed by atoms with E-state index in [9.17, 15) is 19.2 Å². The highest BCUT2D eigenvalue weighted by molar-refractivity contribution is 5.86. The van der Waals surface area contributed by atoms with Gasteiger partial charge in [-0.25, -0.2) is 19.6 Å². The summed E-state index contributed by atoms with van der Waals surface area (Å²) in [5.41, 5.74) is 7.94.